The molecule has 5 nitrogen and oxygen atoms in total. The maximum Gasteiger partial charge on any atom is 0.450 e. The van der Waals surface area contributed by atoms with Crippen molar-refractivity contribution in [3.63, 3.8) is 0 Å². The van der Waals surface area contributed by atoms with Crippen LogP contribution in [0, 0.1) is 0 Å². The molecule has 0 aliphatic carbocycles. The summed E-state index contributed by atoms with van der Waals surface area (Å²) < 4.78 is 57.1. The van der Waals surface area contributed by atoms with Crippen molar-refractivity contribution in [1.29, 1.82) is 0 Å². The van der Waals surface area contributed by atoms with Crippen LogP contribution >= 0.6 is 15.9 Å². The van der Waals surface area contributed by atoms with Crippen molar-refractivity contribution >= 4 is 32.9 Å². The Balaban J connectivity index is 2.14. The first-order valence-electron chi connectivity index (χ1n) is 8.89. The van der Waals surface area contributed by atoms with E-state index in [2.05, 4.69) is 15.9 Å². The van der Waals surface area contributed by atoms with E-state index in [1.54, 1.807) is 6.92 Å². The van der Waals surface area contributed by atoms with Gasteiger partial charge < -0.3 is 13.9 Å². The van der Waals surface area contributed by atoms with Crippen molar-refractivity contribution in [3.8, 4) is 16.9 Å². The fraction of sp³-hybridized carbons (Fsp3) is 0.238. The van der Waals surface area contributed by atoms with Crippen LogP contribution in [0.3, 0.4) is 0 Å². The molecular formula is C21H16BrF3O5. The summed E-state index contributed by atoms with van der Waals surface area (Å²) in [5, 5.41) is -0.0444. The monoisotopic (exact) mass is 484 g/mol. The lowest BCUT2D eigenvalue weighted by Crippen LogP contribution is -2.26. The van der Waals surface area contributed by atoms with Crippen LogP contribution in [0.25, 0.3) is 22.1 Å². The number of halogens is 4. The number of ether oxygens (including phenoxy) is 2. The van der Waals surface area contributed by atoms with E-state index in [-0.39, 0.29) is 28.9 Å². The van der Waals surface area contributed by atoms with Crippen LogP contribution in [-0.4, -0.2) is 18.7 Å². The number of rotatable bonds is 5. The molecule has 3 rings (SSSR count). The molecule has 1 aromatic heterocycles. The van der Waals surface area contributed by atoms with Gasteiger partial charge in [0.1, 0.15) is 11.3 Å². The minimum Gasteiger partial charge on any atom is -0.479 e. The van der Waals surface area contributed by atoms with Gasteiger partial charge in [-0.1, -0.05) is 28.1 Å². The summed E-state index contributed by atoms with van der Waals surface area (Å²) in [6.45, 7) is 3.24. The zero-order valence-corrected chi connectivity index (χ0v) is 17.5. The summed E-state index contributed by atoms with van der Waals surface area (Å²) in [7, 11) is 0. The highest BCUT2D eigenvalue weighted by atomic mass is 79.9. The molecule has 0 bridgehead atoms. The van der Waals surface area contributed by atoms with Crippen LogP contribution in [-0.2, 0) is 15.7 Å². The highest BCUT2D eigenvalue weighted by Gasteiger charge is 2.39. The van der Waals surface area contributed by atoms with Gasteiger partial charge in [0.15, 0.2) is 6.10 Å². The molecule has 2 aromatic carbocycles. The first kappa shape index (κ1) is 21.9. The fourth-order valence-electron chi connectivity index (χ4n) is 2.84. The van der Waals surface area contributed by atoms with Gasteiger partial charge in [0.2, 0.25) is 11.2 Å². The molecule has 158 valence electrons. The predicted octanol–water partition coefficient (Wildman–Crippen LogP) is 5.57. The van der Waals surface area contributed by atoms with Crippen LogP contribution in [0.5, 0.6) is 5.75 Å². The van der Waals surface area contributed by atoms with Crippen molar-refractivity contribution in [2.45, 2.75) is 26.1 Å². The van der Waals surface area contributed by atoms with Crippen LogP contribution in [0.15, 0.2) is 56.1 Å². The smallest absolute Gasteiger partial charge is 0.450 e. The molecule has 0 amide bonds. The summed E-state index contributed by atoms with van der Waals surface area (Å²) in [6.07, 6.45) is -5.89. The molecule has 0 fully saturated rings. The van der Waals surface area contributed by atoms with Gasteiger partial charge in [-0.2, -0.15) is 13.2 Å². The molecule has 0 spiro atoms. The first-order chi connectivity index (χ1) is 14.1. The molecule has 0 aliphatic rings. The molecule has 0 saturated carbocycles. The van der Waals surface area contributed by atoms with Gasteiger partial charge in [-0.3, -0.25) is 4.79 Å². The second-order valence-corrected chi connectivity index (χ2v) is 7.23. The Kier molecular flexibility index (Phi) is 6.21. The van der Waals surface area contributed by atoms with Crippen molar-refractivity contribution < 1.29 is 31.9 Å². The number of carbonyl (C=O) groups excluding carboxylic acids is 1. The van der Waals surface area contributed by atoms with Gasteiger partial charge in [-0.15, -0.1) is 0 Å². The van der Waals surface area contributed by atoms with Crippen molar-refractivity contribution in [2.75, 3.05) is 6.61 Å². The topological polar surface area (TPSA) is 65.7 Å². The maximum atomic E-state index is 13.7. The average molecular weight is 485 g/mol. The molecule has 1 unspecified atom stereocenters. The van der Waals surface area contributed by atoms with Gasteiger partial charge >= 0.3 is 12.1 Å². The zero-order valence-electron chi connectivity index (χ0n) is 15.9. The third-order valence-corrected chi connectivity index (χ3v) is 4.71. The van der Waals surface area contributed by atoms with Crippen molar-refractivity contribution in [1.82, 2.24) is 0 Å². The summed E-state index contributed by atoms with van der Waals surface area (Å²) in [5.41, 5.74) is -1.62. The molecule has 3 aromatic rings. The van der Waals surface area contributed by atoms with Crippen molar-refractivity contribution in [2.24, 2.45) is 0 Å². The lowest BCUT2D eigenvalue weighted by molar-refractivity contribution is -0.152. The zero-order chi connectivity index (χ0) is 22.1. The number of benzene rings is 2. The molecule has 1 atom stereocenters. The van der Waals surface area contributed by atoms with E-state index in [9.17, 15) is 22.8 Å². The Labute approximate surface area is 177 Å². The Morgan fingerprint density at radius 2 is 1.83 bits per heavy atom. The van der Waals surface area contributed by atoms with E-state index in [0.29, 0.717) is 4.47 Å². The molecule has 0 radical (unpaired) electrons. The quantitative estimate of drug-likeness (QED) is 0.442. The van der Waals surface area contributed by atoms with Gasteiger partial charge in [-0.25, -0.2) is 4.79 Å². The number of esters is 1. The van der Waals surface area contributed by atoms with E-state index in [0.717, 1.165) is 6.07 Å². The third kappa shape index (κ3) is 4.51. The Bertz CT molecular complexity index is 1140. The van der Waals surface area contributed by atoms with E-state index in [1.807, 2.05) is 0 Å². The van der Waals surface area contributed by atoms with Crippen LogP contribution in [0.1, 0.15) is 19.6 Å². The summed E-state index contributed by atoms with van der Waals surface area (Å²) >= 11 is 3.21. The molecule has 0 saturated heterocycles. The maximum absolute atomic E-state index is 13.7. The van der Waals surface area contributed by atoms with Gasteiger partial charge in [0.05, 0.1) is 17.6 Å². The predicted molar refractivity (Wildman–Crippen MR) is 107 cm³/mol. The van der Waals surface area contributed by atoms with Crippen LogP contribution in [0.2, 0.25) is 0 Å². The molecule has 1 heterocycles. The molecule has 30 heavy (non-hydrogen) atoms. The van der Waals surface area contributed by atoms with Gasteiger partial charge in [-0.05, 0) is 43.7 Å². The van der Waals surface area contributed by atoms with E-state index >= 15 is 0 Å². The Morgan fingerprint density at radius 1 is 1.17 bits per heavy atom. The summed E-state index contributed by atoms with van der Waals surface area (Å²) in [4.78, 5) is 24.6. The van der Waals surface area contributed by atoms with Crippen LogP contribution < -0.4 is 10.2 Å². The lowest BCUT2D eigenvalue weighted by atomic mass is 10.0. The second kappa shape index (κ2) is 8.51. The normalized spacial score (nSPS) is 12.6. The third-order valence-electron chi connectivity index (χ3n) is 4.19. The SMILES string of the molecule is CCOC(=O)C(C)Oc1ccc2c(=O)c(-c3ccc(Br)cc3)c(C(F)(F)F)oc2c1. The highest BCUT2D eigenvalue weighted by molar-refractivity contribution is 9.10. The van der Waals surface area contributed by atoms with Crippen LogP contribution in [0.4, 0.5) is 13.2 Å². The first-order valence-corrected chi connectivity index (χ1v) is 9.68. The summed E-state index contributed by atoms with van der Waals surface area (Å²) in [6, 6.07) is 9.70. The standard InChI is InChI=1S/C21H16BrF3O5/c1-3-28-20(27)11(2)29-14-8-9-15-16(10-14)30-19(21(23,24)25)17(18(15)26)12-4-6-13(22)7-5-12/h4-11H,3H2,1-2H3. The van der Waals surface area contributed by atoms with E-state index in [1.165, 1.54) is 43.3 Å². The van der Waals surface area contributed by atoms with E-state index < -0.39 is 35.0 Å². The number of alkyl halides is 3. The molecule has 0 aliphatic heterocycles. The molecule has 0 N–H and O–H groups in total. The molecular weight excluding hydrogens is 469 g/mol. The second-order valence-electron chi connectivity index (χ2n) is 6.31. The van der Waals surface area contributed by atoms with Gasteiger partial charge in [0.25, 0.3) is 0 Å². The minimum absolute atomic E-state index is 0.0444. The number of fused-ring (bicyclic) bond motifs is 1. The Hall–Kier alpha value is -2.81. The van der Waals surface area contributed by atoms with Gasteiger partial charge in [0, 0.05) is 10.5 Å². The number of carbonyl (C=O) groups is 1. The Morgan fingerprint density at radius 3 is 2.43 bits per heavy atom. The number of hydrogen-bond donors (Lipinski definition) is 0. The van der Waals surface area contributed by atoms with Crippen molar-refractivity contribution in [3.05, 3.63) is 62.9 Å². The fourth-order valence-corrected chi connectivity index (χ4v) is 3.10. The molecule has 9 heteroatoms. The summed E-state index contributed by atoms with van der Waals surface area (Å²) in [5.74, 6) is -1.96. The number of hydrogen-bond acceptors (Lipinski definition) is 5. The average Bonchev–Trinajstić information content (AvgIpc) is 2.68. The largest absolute Gasteiger partial charge is 0.479 e. The highest BCUT2D eigenvalue weighted by Crippen LogP contribution is 2.38. The lowest BCUT2D eigenvalue weighted by Gasteiger charge is -2.15. The minimum atomic E-state index is -4.90. The van der Waals surface area contributed by atoms with E-state index in [4.69, 9.17) is 13.9 Å².